The van der Waals surface area contributed by atoms with Crippen LogP contribution < -0.4 is 16.8 Å². The highest BCUT2D eigenvalue weighted by Gasteiger charge is 2.34. The summed E-state index contributed by atoms with van der Waals surface area (Å²) < 4.78 is 5.78. The van der Waals surface area contributed by atoms with Crippen LogP contribution in [0, 0.1) is 10.8 Å². The highest BCUT2D eigenvalue weighted by Crippen LogP contribution is 2.39. The van der Waals surface area contributed by atoms with E-state index in [0.717, 1.165) is 41.9 Å². The lowest BCUT2D eigenvalue weighted by molar-refractivity contribution is -0.119. The second kappa shape index (κ2) is 12.5. The molecule has 39 heavy (non-hydrogen) atoms. The van der Waals surface area contributed by atoms with Crippen LogP contribution in [0.25, 0.3) is 10.9 Å². The molecule has 1 aromatic carbocycles. The molecule has 2 heterocycles. The summed E-state index contributed by atoms with van der Waals surface area (Å²) >= 11 is 0. The molecular formula is C31H44N6O2. The number of nitrogen functional groups attached to an aromatic ring is 1. The zero-order valence-electron chi connectivity index (χ0n) is 24.4. The number of amides is 1. The van der Waals surface area contributed by atoms with Gasteiger partial charge in [-0.05, 0) is 58.2 Å². The predicted molar refractivity (Wildman–Crippen MR) is 163 cm³/mol. The van der Waals surface area contributed by atoms with Crippen LogP contribution in [-0.2, 0) is 9.53 Å². The Balaban J connectivity index is 2.27. The van der Waals surface area contributed by atoms with Gasteiger partial charge in [-0.2, -0.15) is 0 Å². The smallest absolute Gasteiger partial charge is 0.226 e. The molecule has 0 spiro atoms. The van der Waals surface area contributed by atoms with Gasteiger partial charge in [0.2, 0.25) is 5.91 Å². The van der Waals surface area contributed by atoms with Crippen molar-refractivity contribution in [3.8, 4) is 0 Å². The quantitative estimate of drug-likeness (QED) is 0.145. The normalized spacial score (nSPS) is 19.7. The predicted octanol–water partition coefficient (Wildman–Crippen LogP) is 6.02. The van der Waals surface area contributed by atoms with Gasteiger partial charge in [-0.1, -0.05) is 39.0 Å². The molecule has 1 aromatic heterocycles. The number of benzene rings is 1. The highest BCUT2D eigenvalue weighted by molar-refractivity contribution is 6.12. The number of H-pyrrole nitrogens is 1. The highest BCUT2D eigenvalue weighted by atomic mass is 16.5. The van der Waals surface area contributed by atoms with Crippen molar-refractivity contribution in [2.75, 3.05) is 18.9 Å². The Labute approximate surface area is 232 Å². The molecule has 8 nitrogen and oxygen atoms in total. The maximum Gasteiger partial charge on any atom is 0.226 e. The molecule has 0 radical (unpaired) electrons. The Bertz CT molecular complexity index is 1360. The van der Waals surface area contributed by atoms with Crippen LogP contribution in [0.2, 0.25) is 0 Å². The summed E-state index contributed by atoms with van der Waals surface area (Å²) in [5.41, 5.74) is 18.9. The zero-order valence-corrected chi connectivity index (χ0v) is 24.4. The van der Waals surface area contributed by atoms with E-state index in [9.17, 15) is 4.79 Å². The summed E-state index contributed by atoms with van der Waals surface area (Å²) in [7, 11) is 0. The Kier molecular flexibility index (Phi) is 9.56. The number of nitrogens with one attached hydrogen (secondary N) is 3. The average Bonchev–Trinajstić information content (AvgIpc) is 3.25. The summed E-state index contributed by atoms with van der Waals surface area (Å²) in [5.74, 6) is -1.07. The summed E-state index contributed by atoms with van der Waals surface area (Å²) in [6.45, 7) is 15.9. The number of aliphatic imine (C=N–C) groups is 1. The second-order valence-corrected chi connectivity index (χ2v) is 11.0. The van der Waals surface area contributed by atoms with Crippen LogP contribution in [0.3, 0.4) is 0 Å². The minimum absolute atomic E-state index is 0.0361. The first-order valence-corrected chi connectivity index (χ1v) is 13.6. The second-order valence-electron chi connectivity index (χ2n) is 11.0. The molecule has 7 N–H and O–H groups in total. The third-order valence-corrected chi connectivity index (χ3v) is 7.68. The number of hydrogen-bond donors (Lipinski definition) is 5. The van der Waals surface area contributed by atoms with Crippen molar-refractivity contribution in [2.45, 2.75) is 73.3 Å². The van der Waals surface area contributed by atoms with Crippen LogP contribution in [0.4, 0.5) is 11.4 Å². The fourth-order valence-corrected chi connectivity index (χ4v) is 4.94. The number of fused-ring (bicyclic) bond motifs is 1. The molecule has 0 aliphatic carbocycles. The first kappa shape index (κ1) is 29.9. The van der Waals surface area contributed by atoms with Crippen molar-refractivity contribution in [1.82, 2.24) is 10.3 Å². The monoisotopic (exact) mass is 532 g/mol. The molecule has 0 saturated carbocycles. The molecular weight excluding hydrogens is 488 g/mol. The number of carbonyl (C=O) groups is 1. The van der Waals surface area contributed by atoms with Gasteiger partial charge in [0.15, 0.2) is 0 Å². The van der Waals surface area contributed by atoms with Gasteiger partial charge in [0.05, 0.1) is 23.9 Å². The number of aromatic amines is 1. The van der Waals surface area contributed by atoms with Gasteiger partial charge in [-0.15, -0.1) is 0 Å². The van der Waals surface area contributed by atoms with Gasteiger partial charge in [0, 0.05) is 63.4 Å². The van der Waals surface area contributed by atoms with Gasteiger partial charge in [-0.25, -0.2) is 0 Å². The lowest BCUT2D eigenvalue weighted by Gasteiger charge is -2.40. The zero-order chi connectivity index (χ0) is 28.9. The number of ether oxygens (including phenoxy) is 1. The van der Waals surface area contributed by atoms with Crippen molar-refractivity contribution in [1.29, 1.82) is 5.41 Å². The Hall–Kier alpha value is -3.65. The SMILES string of the molecule is C\C=C/C=C(C(C)=Nc1c(C(C)C(N)=O)[nH]c2ccc(N)c(C=N)c12)\C(NC1CCOCC1(C)C)=C(/C)CC. The van der Waals surface area contributed by atoms with Crippen molar-refractivity contribution in [2.24, 2.45) is 16.1 Å². The van der Waals surface area contributed by atoms with E-state index in [2.05, 4.69) is 44.1 Å². The van der Waals surface area contributed by atoms with E-state index < -0.39 is 11.8 Å². The van der Waals surface area contributed by atoms with Crippen LogP contribution in [-0.4, -0.2) is 42.1 Å². The Morgan fingerprint density at radius 2 is 2.08 bits per heavy atom. The molecule has 2 unspecified atom stereocenters. The fourth-order valence-electron chi connectivity index (χ4n) is 4.94. The number of aromatic nitrogens is 1. The molecule has 1 aliphatic heterocycles. The molecule has 1 aliphatic rings. The molecule has 1 amide bonds. The topological polar surface area (TPSA) is 142 Å². The molecule has 0 bridgehead atoms. The van der Waals surface area contributed by atoms with Gasteiger partial charge in [0.1, 0.15) is 0 Å². The number of allylic oxidation sites excluding steroid dienone is 5. The van der Waals surface area contributed by atoms with Crippen LogP contribution in [0.15, 0.2) is 52.2 Å². The van der Waals surface area contributed by atoms with Gasteiger partial charge in [0.25, 0.3) is 0 Å². The summed E-state index contributed by atoms with van der Waals surface area (Å²) in [5, 5.41) is 12.6. The van der Waals surface area contributed by atoms with E-state index in [1.165, 1.54) is 11.8 Å². The lowest BCUT2D eigenvalue weighted by Crippen LogP contribution is -2.48. The van der Waals surface area contributed by atoms with Crippen LogP contribution in [0.5, 0.6) is 0 Å². The number of anilines is 1. The van der Waals surface area contributed by atoms with E-state index in [0.29, 0.717) is 34.6 Å². The summed E-state index contributed by atoms with van der Waals surface area (Å²) in [6, 6.07) is 3.83. The largest absolute Gasteiger partial charge is 0.398 e. The van der Waals surface area contributed by atoms with Gasteiger partial charge >= 0.3 is 0 Å². The van der Waals surface area contributed by atoms with E-state index >= 15 is 0 Å². The summed E-state index contributed by atoms with van der Waals surface area (Å²) in [6.07, 6.45) is 9.09. The molecule has 8 heteroatoms. The van der Waals surface area contributed by atoms with Crippen molar-refractivity contribution < 1.29 is 9.53 Å². The van der Waals surface area contributed by atoms with Gasteiger partial charge < -0.3 is 31.9 Å². The number of primary amides is 1. The molecule has 210 valence electrons. The average molecular weight is 533 g/mol. The molecule has 1 saturated heterocycles. The first-order valence-electron chi connectivity index (χ1n) is 13.6. The third kappa shape index (κ3) is 6.33. The Morgan fingerprint density at radius 1 is 1.36 bits per heavy atom. The van der Waals surface area contributed by atoms with Crippen LogP contribution >= 0.6 is 0 Å². The minimum atomic E-state index is -0.611. The number of rotatable bonds is 10. The van der Waals surface area contributed by atoms with Gasteiger partial charge in [-0.3, -0.25) is 9.79 Å². The molecule has 3 rings (SSSR count). The molecule has 1 fully saturated rings. The van der Waals surface area contributed by atoms with E-state index in [4.69, 9.17) is 26.6 Å². The van der Waals surface area contributed by atoms with E-state index in [-0.39, 0.29) is 11.5 Å². The number of hydrogen-bond acceptors (Lipinski definition) is 6. The maximum absolute atomic E-state index is 12.3. The Morgan fingerprint density at radius 3 is 2.67 bits per heavy atom. The number of nitrogens with two attached hydrogens (primary N) is 2. The third-order valence-electron chi connectivity index (χ3n) is 7.68. The van der Waals surface area contributed by atoms with Crippen LogP contribution in [0.1, 0.15) is 78.5 Å². The molecule has 2 atom stereocenters. The van der Waals surface area contributed by atoms with Crippen molar-refractivity contribution >= 4 is 40.1 Å². The lowest BCUT2D eigenvalue weighted by atomic mass is 9.81. The summed E-state index contributed by atoms with van der Waals surface area (Å²) in [4.78, 5) is 20.7. The number of carbonyl (C=O) groups excluding carboxylic acids is 1. The van der Waals surface area contributed by atoms with Crippen molar-refractivity contribution in [3.05, 3.63) is 58.5 Å². The minimum Gasteiger partial charge on any atom is -0.398 e. The molecule has 2 aromatic rings. The van der Waals surface area contributed by atoms with E-state index in [1.807, 2.05) is 32.1 Å². The van der Waals surface area contributed by atoms with Crippen molar-refractivity contribution in [3.63, 3.8) is 0 Å². The number of nitrogens with zero attached hydrogens (tertiary/aromatic N) is 1. The van der Waals surface area contributed by atoms with E-state index in [1.54, 1.807) is 13.0 Å². The fraction of sp³-hybridized carbons (Fsp3) is 0.452. The maximum atomic E-state index is 12.3. The standard InChI is InChI=1S/C31H44N6O2/c1-8-10-11-21(27(18(3)9-2)37-25-14-15-39-17-31(25,6)7)20(5)35-29-26-22(16-32)23(33)12-13-24(26)36-28(29)19(4)30(34)38/h8,10-13,16,19,25,32,36-37H,9,14-15,17,33H2,1-7H3,(H2,34,38)/b10-8-,21-11-,27-18-,32-16?,35-20?. The first-order chi connectivity index (χ1) is 18.5.